The van der Waals surface area contributed by atoms with Gasteiger partial charge in [0.2, 0.25) is 0 Å². The fraction of sp³-hybridized carbons (Fsp3) is 0.318. The number of methoxy groups -OCH3 is 1. The summed E-state index contributed by atoms with van der Waals surface area (Å²) in [4.78, 5) is 28.8. The quantitative estimate of drug-likeness (QED) is 0.516. The number of hydrogen-bond donors (Lipinski definition) is 2. The van der Waals surface area contributed by atoms with Crippen LogP contribution in [0.15, 0.2) is 36.7 Å². The van der Waals surface area contributed by atoms with Gasteiger partial charge in [0, 0.05) is 23.8 Å². The molecule has 2 heterocycles. The van der Waals surface area contributed by atoms with Crippen molar-refractivity contribution in [1.82, 2.24) is 14.9 Å². The van der Waals surface area contributed by atoms with Gasteiger partial charge in [0.1, 0.15) is 18.0 Å². The maximum absolute atomic E-state index is 13.7. The molecular weight excluding hydrogens is 441 g/mol. The third-order valence-corrected chi connectivity index (χ3v) is 5.50. The van der Waals surface area contributed by atoms with Crippen LogP contribution < -0.4 is 10.1 Å². The number of amides is 1. The minimum absolute atomic E-state index is 0.0000342. The second kappa shape index (κ2) is 9.44. The van der Waals surface area contributed by atoms with E-state index in [1.807, 2.05) is 11.5 Å². The highest BCUT2D eigenvalue weighted by molar-refractivity contribution is 6.31. The molecule has 8 nitrogen and oxygen atoms in total. The number of fused-ring (bicyclic) bond motifs is 1. The number of aromatic nitrogens is 2. The van der Waals surface area contributed by atoms with Crippen molar-refractivity contribution >= 4 is 34.4 Å². The molecule has 0 aliphatic carbocycles. The molecule has 0 bridgehead atoms. The predicted molar refractivity (Wildman–Crippen MR) is 117 cm³/mol. The summed E-state index contributed by atoms with van der Waals surface area (Å²) in [6.45, 7) is 5.02. The average Bonchev–Trinajstić information content (AvgIpc) is 3.15. The van der Waals surface area contributed by atoms with Gasteiger partial charge in [0.05, 0.1) is 23.7 Å². The second-order valence-corrected chi connectivity index (χ2v) is 7.74. The van der Waals surface area contributed by atoms with Gasteiger partial charge in [-0.2, -0.15) is 0 Å². The molecule has 3 aromatic rings. The zero-order chi connectivity index (χ0) is 23.6. The van der Waals surface area contributed by atoms with E-state index in [2.05, 4.69) is 10.3 Å². The molecule has 2 N–H and O–H groups in total. The van der Waals surface area contributed by atoms with Gasteiger partial charge >= 0.3 is 5.97 Å². The van der Waals surface area contributed by atoms with Crippen LogP contribution in [0.4, 0.5) is 4.39 Å². The first kappa shape index (κ1) is 23.3. The Labute approximate surface area is 188 Å². The van der Waals surface area contributed by atoms with E-state index in [4.69, 9.17) is 21.1 Å². The van der Waals surface area contributed by atoms with Crippen molar-refractivity contribution in [2.45, 2.75) is 39.0 Å². The molecule has 0 saturated heterocycles. The molecule has 0 saturated carbocycles. The van der Waals surface area contributed by atoms with E-state index < -0.39 is 35.6 Å². The van der Waals surface area contributed by atoms with Crippen molar-refractivity contribution in [3.8, 4) is 11.5 Å². The summed E-state index contributed by atoms with van der Waals surface area (Å²) in [7, 11) is 1.34. The van der Waals surface area contributed by atoms with E-state index in [1.165, 1.54) is 38.4 Å². The summed E-state index contributed by atoms with van der Waals surface area (Å²) >= 11 is 5.91. The van der Waals surface area contributed by atoms with E-state index in [0.29, 0.717) is 10.9 Å². The number of rotatable bonds is 7. The molecule has 3 atom stereocenters. The molecule has 1 amide bonds. The fourth-order valence-electron chi connectivity index (χ4n) is 3.21. The highest BCUT2D eigenvalue weighted by atomic mass is 35.5. The number of nitrogens with zero attached hydrogens (tertiary/aromatic N) is 2. The van der Waals surface area contributed by atoms with E-state index in [1.54, 1.807) is 19.2 Å². The Hall–Kier alpha value is -3.33. The Morgan fingerprint density at radius 2 is 1.97 bits per heavy atom. The number of benzene rings is 1. The van der Waals surface area contributed by atoms with Crippen LogP contribution in [0.3, 0.4) is 0 Å². The zero-order valence-electron chi connectivity index (χ0n) is 17.9. The van der Waals surface area contributed by atoms with Gasteiger partial charge in [-0.1, -0.05) is 11.6 Å². The maximum atomic E-state index is 13.7. The Balaban J connectivity index is 1.67. The van der Waals surface area contributed by atoms with E-state index in [9.17, 15) is 19.1 Å². The topological polar surface area (TPSA) is 103 Å². The monoisotopic (exact) mass is 463 g/mol. The third-order valence-electron chi connectivity index (χ3n) is 5.21. The summed E-state index contributed by atoms with van der Waals surface area (Å²) in [5, 5.41) is 13.2. The molecule has 2 unspecified atom stereocenters. The minimum atomic E-state index is -1.01. The van der Waals surface area contributed by atoms with Crippen LogP contribution in [0.1, 0.15) is 37.3 Å². The number of carbonyl (C=O) groups is 2. The van der Waals surface area contributed by atoms with Gasteiger partial charge < -0.3 is 24.5 Å². The SMILES string of the molecule is COc1ccnc(C(=O)N[C@@H](C)C(=O)OC(C)C(C)n2ccc3cc(F)c(Cl)cc32)c1O. The summed E-state index contributed by atoms with van der Waals surface area (Å²) in [5.74, 6) is -2.27. The smallest absolute Gasteiger partial charge is 0.328 e. The molecular formula is C22H23ClFN3O5. The lowest BCUT2D eigenvalue weighted by Gasteiger charge is -2.24. The molecule has 32 heavy (non-hydrogen) atoms. The normalized spacial score (nSPS) is 13.9. The van der Waals surface area contributed by atoms with Crippen molar-refractivity contribution in [2.75, 3.05) is 7.11 Å². The van der Waals surface area contributed by atoms with Crippen molar-refractivity contribution in [3.05, 3.63) is 53.2 Å². The van der Waals surface area contributed by atoms with Gasteiger partial charge in [-0.3, -0.25) is 4.79 Å². The Morgan fingerprint density at radius 1 is 1.25 bits per heavy atom. The summed E-state index contributed by atoms with van der Waals surface area (Å²) in [6, 6.07) is 4.71. The highest BCUT2D eigenvalue weighted by Crippen LogP contribution is 2.29. The number of pyridine rings is 1. The van der Waals surface area contributed by atoms with Crippen LogP contribution in [0, 0.1) is 5.82 Å². The van der Waals surface area contributed by atoms with Gasteiger partial charge in [0.15, 0.2) is 17.2 Å². The van der Waals surface area contributed by atoms with Crippen molar-refractivity contribution in [2.24, 2.45) is 0 Å². The number of hydrogen-bond acceptors (Lipinski definition) is 6. The van der Waals surface area contributed by atoms with Gasteiger partial charge in [-0.05, 0) is 39.0 Å². The summed E-state index contributed by atoms with van der Waals surface area (Å²) in [5.41, 5.74) is 0.432. The number of ether oxygens (including phenoxy) is 2. The number of nitrogens with one attached hydrogen (secondary N) is 1. The van der Waals surface area contributed by atoms with Crippen LogP contribution in [0.25, 0.3) is 10.9 Å². The van der Waals surface area contributed by atoms with Gasteiger partial charge in [-0.15, -0.1) is 0 Å². The first-order valence-corrected chi connectivity index (χ1v) is 10.2. The first-order valence-electron chi connectivity index (χ1n) is 9.83. The molecule has 2 aromatic heterocycles. The minimum Gasteiger partial charge on any atom is -0.503 e. The lowest BCUT2D eigenvalue weighted by molar-refractivity contribution is -0.151. The Morgan fingerprint density at radius 3 is 2.66 bits per heavy atom. The van der Waals surface area contributed by atoms with E-state index in [0.717, 1.165) is 0 Å². The third kappa shape index (κ3) is 4.62. The number of aromatic hydroxyl groups is 1. The molecule has 0 spiro atoms. The van der Waals surface area contributed by atoms with Crippen LogP contribution >= 0.6 is 11.6 Å². The van der Waals surface area contributed by atoms with Crippen LogP contribution in [0.5, 0.6) is 11.5 Å². The summed E-state index contributed by atoms with van der Waals surface area (Å²) in [6.07, 6.45) is 2.49. The molecule has 0 radical (unpaired) electrons. The zero-order valence-corrected chi connectivity index (χ0v) is 18.7. The van der Waals surface area contributed by atoms with Crippen LogP contribution in [-0.4, -0.2) is 45.8 Å². The van der Waals surface area contributed by atoms with Crippen molar-refractivity contribution < 1.29 is 28.6 Å². The van der Waals surface area contributed by atoms with Gasteiger partial charge in [0.25, 0.3) is 5.91 Å². The molecule has 10 heteroatoms. The molecule has 3 rings (SSSR count). The van der Waals surface area contributed by atoms with Crippen molar-refractivity contribution in [1.29, 1.82) is 0 Å². The average molecular weight is 464 g/mol. The Kier molecular flexibility index (Phi) is 6.88. The number of halogens is 2. The second-order valence-electron chi connectivity index (χ2n) is 7.34. The molecule has 0 fully saturated rings. The first-order chi connectivity index (χ1) is 15.1. The lowest BCUT2D eigenvalue weighted by atomic mass is 10.2. The number of esters is 1. The lowest BCUT2D eigenvalue weighted by Crippen LogP contribution is -2.41. The molecule has 1 aromatic carbocycles. The van der Waals surface area contributed by atoms with Crippen LogP contribution in [0.2, 0.25) is 5.02 Å². The van der Waals surface area contributed by atoms with Gasteiger partial charge in [-0.25, -0.2) is 14.2 Å². The number of carbonyl (C=O) groups excluding carboxylic acids is 2. The van der Waals surface area contributed by atoms with Crippen molar-refractivity contribution in [3.63, 3.8) is 0 Å². The molecule has 170 valence electrons. The Bertz CT molecular complexity index is 1170. The fourth-order valence-corrected chi connectivity index (χ4v) is 3.36. The standard InChI is InChI=1S/C22H23ClFN3O5/c1-11(26-21(29)19-20(28)18(31-4)5-7-25-19)22(30)32-13(3)12(2)27-8-6-14-9-16(24)15(23)10-17(14)27/h5-13,28H,1-4H3,(H,26,29)/t11-,12?,13?/m0/s1. The largest absolute Gasteiger partial charge is 0.503 e. The van der Waals surface area contributed by atoms with E-state index >= 15 is 0 Å². The highest BCUT2D eigenvalue weighted by Gasteiger charge is 2.26. The predicted octanol–water partition coefficient (Wildman–Crippen LogP) is 3.85. The molecule has 0 aliphatic rings. The molecule has 0 aliphatic heterocycles. The summed E-state index contributed by atoms with van der Waals surface area (Å²) < 4.78 is 26.0. The van der Waals surface area contributed by atoms with E-state index in [-0.39, 0.29) is 22.5 Å². The maximum Gasteiger partial charge on any atom is 0.328 e. The van der Waals surface area contributed by atoms with Crippen LogP contribution in [-0.2, 0) is 9.53 Å².